The van der Waals surface area contributed by atoms with Gasteiger partial charge in [0.05, 0.1) is 12.3 Å². The van der Waals surface area contributed by atoms with E-state index in [4.69, 9.17) is 10.5 Å². The van der Waals surface area contributed by atoms with Gasteiger partial charge < -0.3 is 10.5 Å². The standard InChI is InChI=1S/C13H16N2OS/c1-3-16-12-5-4-10(6-9(12)2)11-8-17-13(7-14)15-11/h4-6,8H,3,7,14H2,1-2H3. The highest BCUT2D eigenvalue weighted by molar-refractivity contribution is 7.09. The summed E-state index contributed by atoms with van der Waals surface area (Å²) >= 11 is 1.60. The summed E-state index contributed by atoms with van der Waals surface area (Å²) in [5.74, 6) is 0.936. The lowest BCUT2D eigenvalue weighted by Crippen LogP contribution is -1.95. The van der Waals surface area contributed by atoms with Gasteiger partial charge in [0.1, 0.15) is 10.8 Å². The van der Waals surface area contributed by atoms with Crippen LogP contribution in [0.25, 0.3) is 11.3 Å². The zero-order valence-electron chi connectivity index (χ0n) is 10.1. The van der Waals surface area contributed by atoms with Gasteiger partial charge in [-0.25, -0.2) is 4.98 Å². The number of aryl methyl sites for hydroxylation is 1. The van der Waals surface area contributed by atoms with Crippen molar-refractivity contribution in [2.75, 3.05) is 6.61 Å². The Hall–Kier alpha value is -1.39. The Morgan fingerprint density at radius 3 is 2.82 bits per heavy atom. The van der Waals surface area contributed by atoms with Gasteiger partial charge in [-0.3, -0.25) is 0 Å². The molecule has 2 aromatic rings. The second-order valence-electron chi connectivity index (χ2n) is 3.74. The molecule has 0 fully saturated rings. The van der Waals surface area contributed by atoms with Crippen LogP contribution < -0.4 is 10.5 Å². The molecule has 0 aliphatic carbocycles. The van der Waals surface area contributed by atoms with Crippen LogP contribution in [0.5, 0.6) is 5.75 Å². The monoisotopic (exact) mass is 248 g/mol. The molecule has 0 spiro atoms. The topological polar surface area (TPSA) is 48.1 Å². The molecule has 0 aliphatic rings. The van der Waals surface area contributed by atoms with Gasteiger partial charge in [-0.1, -0.05) is 0 Å². The van der Waals surface area contributed by atoms with Gasteiger partial charge in [0, 0.05) is 17.5 Å². The van der Waals surface area contributed by atoms with Crippen molar-refractivity contribution in [3.8, 4) is 17.0 Å². The van der Waals surface area contributed by atoms with Crippen molar-refractivity contribution in [2.24, 2.45) is 5.73 Å². The normalized spacial score (nSPS) is 10.5. The lowest BCUT2D eigenvalue weighted by atomic mass is 10.1. The smallest absolute Gasteiger partial charge is 0.122 e. The number of thiazole rings is 1. The summed E-state index contributed by atoms with van der Waals surface area (Å²) < 4.78 is 5.52. The van der Waals surface area contributed by atoms with E-state index in [2.05, 4.69) is 11.1 Å². The number of ether oxygens (including phenoxy) is 1. The molecule has 0 saturated heterocycles. The third kappa shape index (κ3) is 2.65. The maximum Gasteiger partial charge on any atom is 0.122 e. The van der Waals surface area contributed by atoms with E-state index in [0.717, 1.165) is 27.6 Å². The molecule has 0 unspecified atom stereocenters. The van der Waals surface area contributed by atoms with Gasteiger partial charge in [-0.15, -0.1) is 11.3 Å². The molecule has 0 saturated carbocycles. The van der Waals surface area contributed by atoms with Crippen molar-refractivity contribution in [1.29, 1.82) is 0 Å². The Morgan fingerprint density at radius 2 is 2.24 bits per heavy atom. The Kier molecular flexibility index (Phi) is 3.76. The molecule has 1 aromatic heterocycles. The summed E-state index contributed by atoms with van der Waals surface area (Å²) in [7, 11) is 0. The first-order valence-corrected chi connectivity index (χ1v) is 6.51. The van der Waals surface area contributed by atoms with Crippen molar-refractivity contribution in [2.45, 2.75) is 20.4 Å². The zero-order valence-corrected chi connectivity index (χ0v) is 10.9. The van der Waals surface area contributed by atoms with Crippen LogP contribution in [0.15, 0.2) is 23.6 Å². The maximum atomic E-state index is 5.56. The number of aromatic nitrogens is 1. The number of rotatable bonds is 4. The highest BCUT2D eigenvalue weighted by Crippen LogP contribution is 2.27. The lowest BCUT2D eigenvalue weighted by molar-refractivity contribution is 0.338. The molecule has 2 N–H and O–H groups in total. The van der Waals surface area contributed by atoms with E-state index in [1.807, 2.05) is 31.4 Å². The van der Waals surface area contributed by atoms with Crippen LogP contribution in [0.4, 0.5) is 0 Å². The molecule has 1 aromatic carbocycles. The molecule has 17 heavy (non-hydrogen) atoms. The van der Waals surface area contributed by atoms with E-state index in [9.17, 15) is 0 Å². The highest BCUT2D eigenvalue weighted by Gasteiger charge is 2.06. The van der Waals surface area contributed by atoms with E-state index in [-0.39, 0.29) is 0 Å². The first-order chi connectivity index (χ1) is 8.24. The van der Waals surface area contributed by atoms with Crippen LogP contribution in [0.3, 0.4) is 0 Å². The van der Waals surface area contributed by atoms with Crippen molar-refractivity contribution < 1.29 is 4.74 Å². The van der Waals surface area contributed by atoms with Gasteiger partial charge in [-0.2, -0.15) is 0 Å². The molecule has 90 valence electrons. The summed E-state index contributed by atoms with van der Waals surface area (Å²) in [5, 5.41) is 3.00. The van der Waals surface area contributed by atoms with Crippen molar-refractivity contribution in [3.63, 3.8) is 0 Å². The summed E-state index contributed by atoms with van der Waals surface area (Å²) in [4.78, 5) is 4.47. The van der Waals surface area contributed by atoms with Gasteiger partial charge in [0.2, 0.25) is 0 Å². The van der Waals surface area contributed by atoms with Crippen molar-refractivity contribution in [3.05, 3.63) is 34.2 Å². The van der Waals surface area contributed by atoms with E-state index in [1.165, 1.54) is 0 Å². The molecule has 2 rings (SSSR count). The van der Waals surface area contributed by atoms with Crippen LogP contribution in [0.2, 0.25) is 0 Å². The Morgan fingerprint density at radius 1 is 1.41 bits per heavy atom. The average Bonchev–Trinajstić information content (AvgIpc) is 2.80. The number of nitrogens with zero attached hydrogens (tertiary/aromatic N) is 1. The summed E-state index contributed by atoms with van der Waals surface area (Å²) in [6.45, 7) is 5.22. The van der Waals surface area contributed by atoms with Gasteiger partial charge >= 0.3 is 0 Å². The predicted octanol–water partition coefficient (Wildman–Crippen LogP) is 2.98. The predicted molar refractivity (Wildman–Crippen MR) is 71.3 cm³/mol. The number of hydrogen-bond donors (Lipinski definition) is 1. The first-order valence-electron chi connectivity index (χ1n) is 5.63. The minimum atomic E-state index is 0.501. The Bertz CT molecular complexity index is 508. The Labute approximate surface area is 105 Å². The third-order valence-corrected chi connectivity index (χ3v) is 3.37. The van der Waals surface area contributed by atoms with E-state index < -0.39 is 0 Å². The molecular formula is C13H16N2OS. The molecule has 0 amide bonds. The molecule has 0 radical (unpaired) electrons. The van der Waals surface area contributed by atoms with Gasteiger partial charge in [0.25, 0.3) is 0 Å². The van der Waals surface area contributed by atoms with Crippen molar-refractivity contribution in [1.82, 2.24) is 4.98 Å². The minimum absolute atomic E-state index is 0.501. The SMILES string of the molecule is CCOc1ccc(-c2csc(CN)n2)cc1C. The molecule has 0 atom stereocenters. The molecule has 3 nitrogen and oxygen atoms in total. The van der Waals surface area contributed by atoms with Crippen molar-refractivity contribution >= 4 is 11.3 Å². The number of benzene rings is 1. The summed E-state index contributed by atoms with van der Waals surface area (Å²) in [6, 6.07) is 6.13. The average molecular weight is 248 g/mol. The molecule has 4 heteroatoms. The van der Waals surface area contributed by atoms with E-state index in [0.29, 0.717) is 13.2 Å². The second-order valence-corrected chi connectivity index (χ2v) is 4.69. The van der Waals surface area contributed by atoms with Crippen LogP contribution in [0.1, 0.15) is 17.5 Å². The third-order valence-electron chi connectivity index (χ3n) is 2.50. The maximum absolute atomic E-state index is 5.56. The molecular weight excluding hydrogens is 232 g/mol. The number of nitrogens with two attached hydrogens (primary N) is 1. The number of hydrogen-bond acceptors (Lipinski definition) is 4. The Balaban J connectivity index is 2.30. The van der Waals surface area contributed by atoms with Crippen LogP contribution >= 0.6 is 11.3 Å². The molecule has 0 aliphatic heterocycles. The van der Waals surface area contributed by atoms with E-state index in [1.54, 1.807) is 11.3 Å². The first kappa shape index (κ1) is 12.1. The van der Waals surface area contributed by atoms with Crippen LogP contribution in [-0.4, -0.2) is 11.6 Å². The van der Waals surface area contributed by atoms with Gasteiger partial charge in [0.15, 0.2) is 0 Å². The fourth-order valence-electron chi connectivity index (χ4n) is 1.66. The van der Waals surface area contributed by atoms with Crippen LogP contribution in [-0.2, 0) is 6.54 Å². The van der Waals surface area contributed by atoms with Crippen LogP contribution in [0, 0.1) is 6.92 Å². The second kappa shape index (κ2) is 5.29. The largest absolute Gasteiger partial charge is 0.494 e. The fourth-order valence-corrected chi connectivity index (χ4v) is 2.35. The van der Waals surface area contributed by atoms with E-state index >= 15 is 0 Å². The summed E-state index contributed by atoms with van der Waals surface area (Å²) in [5.41, 5.74) is 8.79. The summed E-state index contributed by atoms with van der Waals surface area (Å²) in [6.07, 6.45) is 0. The highest BCUT2D eigenvalue weighted by atomic mass is 32.1. The quantitative estimate of drug-likeness (QED) is 0.905. The molecule has 0 bridgehead atoms. The fraction of sp³-hybridized carbons (Fsp3) is 0.308. The minimum Gasteiger partial charge on any atom is -0.494 e. The zero-order chi connectivity index (χ0) is 12.3. The van der Waals surface area contributed by atoms with Gasteiger partial charge in [-0.05, 0) is 37.6 Å². The lowest BCUT2D eigenvalue weighted by Gasteiger charge is -2.07. The molecule has 1 heterocycles.